The van der Waals surface area contributed by atoms with Crippen molar-refractivity contribution in [1.29, 1.82) is 0 Å². The van der Waals surface area contributed by atoms with Crippen molar-refractivity contribution in [2.75, 3.05) is 0 Å². The maximum Gasteiger partial charge on any atom is 0.262 e. The Morgan fingerprint density at radius 2 is 1.66 bits per heavy atom. The number of hydrogen-bond acceptors (Lipinski definition) is 6. The minimum Gasteiger partial charge on any atom is -0.483 e. The van der Waals surface area contributed by atoms with Crippen LogP contribution in [0.4, 0.5) is 0 Å². The molecule has 3 heterocycles. The Hall–Kier alpha value is -3.29. The highest BCUT2D eigenvalue weighted by atomic mass is 16.5. The second-order valence-electron chi connectivity index (χ2n) is 7.92. The van der Waals surface area contributed by atoms with E-state index in [0.29, 0.717) is 37.0 Å². The Morgan fingerprint density at radius 3 is 2.34 bits per heavy atom. The van der Waals surface area contributed by atoms with Crippen LogP contribution < -0.4 is 10.1 Å². The van der Waals surface area contributed by atoms with Gasteiger partial charge in [0, 0.05) is 24.8 Å². The van der Waals surface area contributed by atoms with Crippen molar-refractivity contribution in [3.05, 3.63) is 34.9 Å². The summed E-state index contributed by atoms with van der Waals surface area (Å²) in [5.74, 6) is -1.44. The fourth-order valence-corrected chi connectivity index (χ4v) is 4.45. The van der Waals surface area contributed by atoms with Gasteiger partial charge in [0.15, 0.2) is 0 Å². The molecule has 1 aromatic rings. The molecule has 1 atom stereocenters. The van der Waals surface area contributed by atoms with Crippen molar-refractivity contribution in [1.82, 2.24) is 10.2 Å². The van der Waals surface area contributed by atoms with Crippen LogP contribution in [0.2, 0.25) is 0 Å². The molecule has 1 saturated carbocycles. The van der Waals surface area contributed by atoms with E-state index in [1.165, 1.54) is 0 Å². The maximum absolute atomic E-state index is 13.0. The summed E-state index contributed by atoms with van der Waals surface area (Å²) < 4.78 is 6.19. The van der Waals surface area contributed by atoms with Crippen LogP contribution in [0.1, 0.15) is 64.8 Å². The quantitative estimate of drug-likeness (QED) is 0.721. The fourth-order valence-electron chi connectivity index (χ4n) is 4.45. The van der Waals surface area contributed by atoms with E-state index in [9.17, 15) is 24.0 Å². The summed E-state index contributed by atoms with van der Waals surface area (Å²) in [6, 6.07) is 2.16. The van der Waals surface area contributed by atoms with Crippen LogP contribution in [0, 0.1) is 0 Å². The highest BCUT2D eigenvalue weighted by Gasteiger charge is 2.46. The number of piperidine rings is 1. The van der Waals surface area contributed by atoms with Gasteiger partial charge in [0.25, 0.3) is 11.8 Å². The molecule has 2 fully saturated rings. The van der Waals surface area contributed by atoms with Gasteiger partial charge in [-0.05, 0) is 37.5 Å². The molecular formula is C21H18N2O6. The molecule has 5 rings (SSSR count). The Morgan fingerprint density at radius 1 is 0.966 bits per heavy atom. The Bertz CT molecular complexity index is 1030. The summed E-state index contributed by atoms with van der Waals surface area (Å²) in [6.07, 6.45) is 6.03. The average Bonchev–Trinajstić information content (AvgIpc) is 2.93. The number of imide groups is 2. The SMILES string of the molecule is O=C1CCC2(C=Cc3cc4c(cc3O2)C(=O)N(C2CCC(=O)NC2=O)C4=O)CC1. The summed E-state index contributed by atoms with van der Waals surface area (Å²) in [4.78, 5) is 61.9. The lowest BCUT2D eigenvalue weighted by molar-refractivity contribution is -0.136. The van der Waals surface area contributed by atoms with Crippen molar-refractivity contribution < 1.29 is 28.7 Å². The largest absolute Gasteiger partial charge is 0.483 e. The highest BCUT2D eigenvalue weighted by molar-refractivity contribution is 6.23. The van der Waals surface area contributed by atoms with Crippen LogP contribution in [0.3, 0.4) is 0 Å². The number of carbonyl (C=O) groups excluding carboxylic acids is 5. The summed E-state index contributed by atoms with van der Waals surface area (Å²) in [5.41, 5.74) is 0.527. The number of benzene rings is 1. The van der Waals surface area contributed by atoms with Crippen molar-refractivity contribution in [2.45, 2.75) is 50.2 Å². The molecule has 1 aromatic carbocycles. The van der Waals surface area contributed by atoms with Crippen LogP contribution >= 0.6 is 0 Å². The Balaban J connectivity index is 1.47. The van der Waals surface area contributed by atoms with E-state index in [1.54, 1.807) is 12.1 Å². The van der Waals surface area contributed by atoms with Gasteiger partial charge in [0.1, 0.15) is 23.2 Å². The molecule has 0 radical (unpaired) electrons. The first-order chi connectivity index (χ1) is 13.9. The van der Waals surface area contributed by atoms with Gasteiger partial charge in [-0.2, -0.15) is 0 Å². The number of Topliss-reactive ketones (excluding diaryl/α,β-unsaturated/α-hetero) is 1. The number of ether oxygens (including phenoxy) is 1. The number of fused-ring (bicyclic) bond motifs is 2. The first-order valence-corrected chi connectivity index (χ1v) is 9.66. The van der Waals surface area contributed by atoms with Crippen LogP contribution in [-0.2, 0) is 14.4 Å². The molecule has 4 amide bonds. The molecule has 1 saturated heterocycles. The number of amides is 4. The van der Waals surface area contributed by atoms with Gasteiger partial charge in [0.05, 0.1) is 11.1 Å². The molecule has 8 nitrogen and oxygen atoms in total. The lowest BCUT2D eigenvalue weighted by Gasteiger charge is -2.37. The fraction of sp³-hybridized carbons (Fsp3) is 0.381. The predicted molar refractivity (Wildman–Crippen MR) is 99.0 cm³/mol. The summed E-state index contributed by atoms with van der Waals surface area (Å²) in [5, 5.41) is 2.18. The number of nitrogens with zero attached hydrogens (tertiary/aromatic N) is 1. The first-order valence-electron chi connectivity index (χ1n) is 9.66. The van der Waals surface area contributed by atoms with Crippen LogP contribution in [0.15, 0.2) is 18.2 Å². The second-order valence-corrected chi connectivity index (χ2v) is 7.92. The molecule has 0 bridgehead atoms. The molecule has 4 aliphatic rings. The topological polar surface area (TPSA) is 110 Å². The van der Waals surface area contributed by atoms with Crippen molar-refractivity contribution >= 4 is 35.5 Å². The van der Waals surface area contributed by atoms with E-state index in [2.05, 4.69) is 5.32 Å². The third kappa shape index (κ3) is 2.70. The standard InChI is InChI=1S/C21H18N2O6/c24-12-4-7-21(8-5-12)6-3-11-9-13-14(10-16(11)29-21)20(28)23(19(13)27)15-1-2-17(25)22-18(15)26/h3,6,9-10,15H,1-2,4-5,7-8H2,(H,22,25,26). The molecule has 1 N–H and O–H groups in total. The second kappa shape index (κ2) is 6.10. The van der Waals surface area contributed by atoms with E-state index in [1.807, 2.05) is 12.2 Å². The summed E-state index contributed by atoms with van der Waals surface area (Å²) >= 11 is 0. The van der Waals surface area contributed by atoms with Crippen molar-refractivity contribution in [3.8, 4) is 5.75 Å². The Kier molecular flexibility index (Phi) is 3.74. The molecule has 1 unspecified atom stereocenters. The molecular weight excluding hydrogens is 376 g/mol. The number of ketones is 1. The lowest BCUT2D eigenvalue weighted by atomic mass is 9.82. The minimum absolute atomic E-state index is 0.0768. The van der Waals surface area contributed by atoms with E-state index >= 15 is 0 Å². The van der Waals surface area contributed by atoms with E-state index < -0.39 is 35.3 Å². The van der Waals surface area contributed by atoms with Crippen molar-refractivity contribution in [2.24, 2.45) is 0 Å². The van der Waals surface area contributed by atoms with Gasteiger partial charge in [-0.3, -0.25) is 34.2 Å². The predicted octanol–water partition coefficient (Wildman–Crippen LogP) is 1.38. The highest BCUT2D eigenvalue weighted by Crippen LogP contribution is 2.41. The third-order valence-electron chi connectivity index (χ3n) is 6.10. The number of carbonyl (C=O) groups is 5. The van der Waals surface area contributed by atoms with Gasteiger partial charge in [-0.25, -0.2) is 0 Å². The molecule has 0 aromatic heterocycles. The van der Waals surface area contributed by atoms with Crippen LogP contribution in [0.25, 0.3) is 6.08 Å². The lowest BCUT2D eigenvalue weighted by Crippen LogP contribution is -2.54. The number of hydrogen-bond donors (Lipinski definition) is 1. The maximum atomic E-state index is 13.0. The summed E-state index contributed by atoms with van der Waals surface area (Å²) in [7, 11) is 0. The third-order valence-corrected chi connectivity index (χ3v) is 6.10. The normalized spacial score (nSPS) is 25.0. The van der Waals surface area contributed by atoms with E-state index in [0.717, 1.165) is 4.90 Å². The minimum atomic E-state index is -0.996. The average molecular weight is 394 g/mol. The molecule has 148 valence electrons. The summed E-state index contributed by atoms with van der Waals surface area (Å²) in [6.45, 7) is 0. The number of nitrogens with one attached hydrogen (secondary N) is 1. The number of rotatable bonds is 1. The monoisotopic (exact) mass is 394 g/mol. The van der Waals surface area contributed by atoms with Crippen molar-refractivity contribution in [3.63, 3.8) is 0 Å². The van der Waals surface area contributed by atoms with Gasteiger partial charge in [-0.1, -0.05) is 6.08 Å². The molecule has 3 aliphatic heterocycles. The van der Waals surface area contributed by atoms with E-state index in [4.69, 9.17) is 4.74 Å². The zero-order valence-electron chi connectivity index (χ0n) is 15.5. The van der Waals surface area contributed by atoms with Gasteiger partial charge in [-0.15, -0.1) is 0 Å². The Labute approximate surface area is 165 Å². The molecule has 1 aliphatic carbocycles. The zero-order chi connectivity index (χ0) is 20.3. The van der Waals surface area contributed by atoms with Crippen LogP contribution in [0.5, 0.6) is 5.75 Å². The van der Waals surface area contributed by atoms with Gasteiger partial charge in [0.2, 0.25) is 11.8 Å². The molecule has 8 heteroatoms. The first kappa shape index (κ1) is 17.8. The molecule has 1 spiro atoms. The van der Waals surface area contributed by atoms with Gasteiger partial charge >= 0.3 is 0 Å². The zero-order valence-corrected chi connectivity index (χ0v) is 15.5. The molecule has 29 heavy (non-hydrogen) atoms. The smallest absolute Gasteiger partial charge is 0.262 e. The van der Waals surface area contributed by atoms with Crippen LogP contribution in [-0.4, -0.2) is 46.0 Å². The van der Waals surface area contributed by atoms with E-state index in [-0.39, 0.29) is 29.8 Å². The van der Waals surface area contributed by atoms with Gasteiger partial charge < -0.3 is 4.74 Å².